The van der Waals surface area contributed by atoms with Crippen molar-refractivity contribution in [3.05, 3.63) is 24.0 Å². The molecule has 0 aromatic carbocycles. The summed E-state index contributed by atoms with van der Waals surface area (Å²) in [6.07, 6.45) is 4.71. The zero-order chi connectivity index (χ0) is 13.7. The molecule has 3 rings (SSSR count). The first kappa shape index (κ1) is 12.7. The largest absolute Gasteiger partial charge is 0.377 e. The minimum atomic E-state index is -0.815. The summed E-state index contributed by atoms with van der Waals surface area (Å²) in [4.78, 5) is 15.5. The molecular weight excluding hydrogens is 242 g/mol. The third-order valence-electron chi connectivity index (χ3n) is 4.95. The summed E-state index contributed by atoms with van der Waals surface area (Å²) in [6.45, 7) is 5.27. The van der Waals surface area contributed by atoms with Gasteiger partial charge in [-0.15, -0.1) is 0 Å². The zero-order valence-corrected chi connectivity index (χ0v) is 11.4. The molecule has 1 aliphatic carbocycles. The second-order valence-corrected chi connectivity index (χ2v) is 6.18. The summed E-state index contributed by atoms with van der Waals surface area (Å²) in [6, 6.07) is 1.94. The molecule has 1 saturated carbocycles. The third kappa shape index (κ3) is 1.58. The van der Waals surface area contributed by atoms with Crippen LogP contribution < -0.4 is 11.1 Å². The number of amides is 1. The van der Waals surface area contributed by atoms with E-state index in [1.54, 1.807) is 0 Å². The summed E-state index contributed by atoms with van der Waals surface area (Å²) in [5, 5.41) is 2.96. The maximum atomic E-state index is 12.5. The number of carbonyl (C=O) groups excluding carboxylic acids is 1. The minimum absolute atomic E-state index is 0.0644. The molecule has 1 amide bonds. The molecule has 0 spiro atoms. The Morgan fingerprint density at radius 3 is 3.11 bits per heavy atom. The van der Waals surface area contributed by atoms with E-state index in [4.69, 9.17) is 10.5 Å². The number of rotatable bonds is 3. The Hall–Kier alpha value is -1.33. The molecule has 0 bridgehead atoms. The molecule has 2 aliphatic rings. The minimum Gasteiger partial charge on any atom is -0.377 e. The van der Waals surface area contributed by atoms with Crippen LogP contribution >= 0.6 is 0 Å². The van der Waals surface area contributed by atoms with Crippen molar-refractivity contribution in [1.82, 2.24) is 10.3 Å². The van der Waals surface area contributed by atoms with Gasteiger partial charge in [0, 0.05) is 36.9 Å². The van der Waals surface area contributed by atoms with Gasteiger partial charge in [-0.25, -0.2) is 0 Å². The van der Waals surface area contributed by atoms with E-state index in [0.717, 1.165) is 12.0 Å². The van der Waals surface area contributed by atoms with Crippen LogP contribution in [0.2, 0.25) is 0 Å². The van der Waals surface area contributed by atoms with Gasteiger partial charge in [0.25, 0.3) is 0 Å². The lowest BCUT2D eigenvalue weighted by atomic mass is 9.48. The molecule has 1 saturated heterocycles. The molecular formula is C14H21N3O2. The Balaban J connectivity index is 1.72. The van der Waals surface area contributed by atoms with Crippen LogP contribution in [0.15, 0.2) is 18.5 Å². The fourth-order valence-corrected chi connectivity index (χ4v) is 3.64. The molecule has 1 aromatic rings. The van der Waals surface area contributed by atoms with Gasteiger partial charge < -0.3 is 20.8 Å². The maximum Gasteiger partial charge on any atom is 0.241 e. The molecule has 1 aromatic heterocycles. The zero-order valence-electron chi connectivity index (χ0n) is 11.4. The molecule has 1 aliphatic heterocycles. The van der Waals surface area contributed by atoms with Crippen LogP contribution in [0, 0.1) is 11.3 Å². The number of nitrogens with two attached hydrogens (primary N) is 1. The first-order chi connectivity index (χ1) is 8.98. The molecule has 2 heterocycles. The predicted molar refractivity (Wildman–Crippen MR) is 71.2 cm³/mol. The Morgan fingerprint density at radius 2 is 2.42 bits per heavy atom. The van der Waals surface area contributed by atoms with Crippen LogP contribution in [0.1, 0.15) is 25.8 Å². The van der Waals surface area contributed by atoms with Crippen LogP contribution in [0.3, 0.4) is 0 Å². The topological polar surface area (TPSA) is 80.1 Å². The van der Waals surface area contributed by atoms with Gasteiger partial charge in [0.05, 0.1) is 6.10 Å². The van der Waals surface area contributed by atoms with Crippen molar-refractivity contribution in [3.8, 4) is 0 Å². The lowest BCUT2D eigenvalue weighted by Gasteiger charge is -2.60. The first-order valence-corrected chi connectivity index (χ1v) is 6.78. The lowest BCUT2D eigenvalue weighted by molar-refractivity contribution is -0.175. The highest BCUT2D eigenvalue weighted by Crippen LogP contribution is 2.58. The number of fused-ring (bicyclic) bond motifs is 1. The quantitative estimate of drug-likeness (QED) is 0.753. The summed E-state index contributed by atoms with van der Waals surface area (Å²) in [7, 11) is 0. The van der Waals surface area contributed by atoms with Crippen molar-refractivity contribution in [3.63, 3.8) is 0 Å². The second-order valence-electron chi connectivity index (χ2n) is 6.18. The van der Waals surface area contributed by atoms with Crippen molar-refractivity contribution in [1.29, 1.82) is 0 Å². The van der Waals surface area contributed by atoms with Crippen LogP contribution in [0.25, 0.3) is 0 Å². The average Bonchev–Trinajstić information content (AvgIpc) is 3.04. The van der Waals surface area contributed by atoms with Crippen LogP contribution in [0.5, 0.6) is 0 Å². The standard InChI is InChI=1S/C14H21N3O2/c1-13(2)11-10(4-6-19-11)14(13,15)12(18)17-8-9-3-5-16-7-9/h3,5,7,10-11,16H,4,6,8,15H2,1-2H3,(H,17,18). The first-order valence-electron chi connectivity index (χ1n) is 6.78. The monoisotopic (exact) mass is 263 g/mol. The number of H-pyrrole nitrogens is 1. The highest BCUT2D eigenvalue weighted by Gasteiger charge is 2.71. The normalized spacial score (nSPS) is 35.5. The fourth-order valence-electron chi connectivity index (χ4n) is 3.64. The van der Waals surface area contributed by atoms with Gasteiger partial charge in [0.1, 0.15) is 5.54 Å². The van der Waals surface area contributed by atoms with Crippen molar-refractivity contribution in [2.45, 2.75) is 38.5 Å². The molecule has 4 N–H and O–H groups in total. The lowest BCUT2D eigenvalue weighted by Crippen LogP contribution is -2.80. The van der Waals surface area contributed by atoms with Crippen LogP contribution in [-0.2, 0) is 16.1 Å². The van der Waals surface area contributed by atoms with E-state index < -0.39 is 5.54 Å². The van der Waals surface area contributed by atoms with Gasteiger partial charge in [0.2, 0.25) is 5.91 Å². The third-order valence-corrected chi connectivity index (χ3v) is 4.95. The summed E-state index contributed by atoms with van der Waals surface area (Å²) in [5.74, 6) is 0.0826. The van der Waals surface area contributed by atoms with Crippen LogP contribution in [-0.4, -0.2) is 29.1 Å². The Labute approximate surface area is 112 Å². The molecule has 2 fully saturated rings. The smallest absolute Gasteiger partial charge is 0.241 e. The van der Waals surface area contributed by atoms with Gasteiger partial charge in [-0.2, -0.15) is 0 Å². The molecule has 19 heavy (non-hydrogen) atoms. The maximum absolute atomic E-state index is 12.5. The number of aromatic amines is 1. The number of hydrogen-bond acceptors (Lipinski definition) is 3. The molecule has 0 radical (unpaired) electrons. The van der Waals surface area contributed by atoms with Gasteiger partial charge >= 0.3 is 0 Å². The predicted octanol–water partition coefficient (Wildman–Crippen LogP) is 0.773. The van der Waals surface area contributed by atoms with E-state index in [9.17, 15) is 4.79 Å². The van der Waals surface area contributed by atoms with E-state index in [1.807, 2.05) is 32.3 Å². The SMILES string of the molecule is CC1(C)C2OCCC2C1(N)C(=O)NCc1cc[nH]c1. The number of nitrogens with one attached hydrogen (secondary N) is 2. The Kier molecular flexibility index (Phi) is 2.73. The molecule has 104 valence electrons. The van der Waals surface area contributed by atoms with E-state index in [1.165, 1.54) is 0 Å². The molecule has 3 unspecified atom stereocenters. The summed E-state index contributed by atoms with van der Waals surface area (Å²) in [5.41, 5.74) is 6.37. The van der Waals surface area contributed by atoms with Crippen molar-refractivity contribution in [2.24, 2.45) is 17.1 Å². The van der Waals surface area contributed by atoms with Crippen molar-refractivity contribution in [2.75, 3.05) is 6.61 Å². The highest BCUT2D eigenvalue weighted by atomic mass is 16.5. The van der Waals surface area contributed by atoms with E-state index in [0.29, 0.717) is 13.2 Å². The van der Waals surface area contributed by atoms with Crippen molar-refractivity contribution >= 4 is 5.91 Å². The highest BCUT2D eigenvalue weighted by molar-refractivity contribution is 5.89. The summed E-state index contributed by atoms with van der Waals surface area (Å²) < 4.78 is 5.70. The number of hydrogen-bond donors (Lipinski definition) is 3. The Bertz CT molecular complexity index is 483. The van der Waals surface area contributed by atoms with Crippen molar-refractivity contribution < 1.29 is 9.53 Å². The molecule has 3 atom stereocenters. The average molecular weight is 263 g/mol. The van der Waals surface area contributed by atoms with E-state index in [2.05, 4.69) is 10.3 Å². The summed E-state index contributed by atoms with van der Waals surface area (Å²) >= 11 is 0. The van der Waals surface area contributed by atoms with Crippen LogP contribution in [0.4, 0.5) is 0 Å². The number of aromatic nitrogens is 1. The Morgan fingerprint density at radius 1 is 1.63 bits per heavy atom. The molecule has 5 nitrogen and oxygen atoms in total. The second kappa shape index (κ2) is 4.08. The van der Waals surface area contributed by atoms with Gasteiger partial charge in [-0.05, 0) is 18.1 Å². The fraction of sp³-hybridized carbons (Fsp3) is 0.643. The number of ether oxygens (including phenoxy) is 1. The van der Waals surface area contributed by atoms with E-state index in [-0.39, 0.29) is 23.3 Å². The van der Waals surface area contributed by atoms with E-state index >= 15 is 0 Å². The van der Waals surface area contributed by atoms with Gasteiger partial charge in [-0.1, -0.05) is 13.8 Å². The van der Waals surface area contributed by atoms with Gasteiger partial charge in [0.15, 0.2) is 0 Å². The molecule has 5 heteroatoms. The number of carbonyl (C=O) groups is 1. The van der Waals surface area contributed by atoms with Gasteiger partial charge in [-0.3, -0.25) is 4.79 Å².